The van der Waals surface area contributed by atoms with E-state index in [9.17, 15) is 0 Å². The molecule has 1 N–H and O–H groups in total. The first kappa shape index (κ1) is 14.0. The predicted molar refractivity (Wildman–Crippen MR) is 79.4 cm³/mol. The molecule has 19 heavy (non-hydrogen) atoms. The smallest absolute Gasteiger partial charge is 0.149 e. The summed E-state index contributed by atoms with van der Waals surface area (Å²) in [5, 5.41) is 3.64. The Balaban J connectivity index is 2.11. The summed E-state index contributed by atoms with van der Waals surface area (Å²) < 4.78 is 5.66. The van der Waals surface area contributed by atoms with Crippen LogP contribution in [0.5, 0.6) is 5.75 Å². The maximum atomic E-state index is 5.66. The number of rotatable bonds is 5. The van der Waals surface area contributed by atoms with E-state index in [2.05, 4.69) is 42.3 Å². The monoisotopic (exact) mass is 257 g/mol. The van der Waals surface area contributed by atoms with Crippen molar-refractivity contribution >= 4 is 0 Å². The molecule has 1 aliphatic carbocycles. The lowest BCUT2D eigenvalue weighted by atomic mass is 9.87. The molecule has 2 nitrogen and oxygen atoms in total. The molecule has 0 spiro atoms. The van der Waals surface area contributed by atoms with Gasteiger partial charge in [-0.1, -0.05) is 18.9 Å². The number of ether oxygens (including phenoxy) is 1. The van der Waals surface area contributed by atoms with Gasteiger partial charge in [-0.05, 0) is 62.4 Å². The van der Waals surface area contributed by atoms with Gasteiger partial charge < -0.3 is 10.1 Å². The van der Waals surface area contributed by atoms with E-state index in [1.54, 1.807) is 0 Å². The molecule has 0 aromatic heterocycles. The Labute approximate surface area is 116 Å². The number of nitrogens with one attached hydrogen (secondary N) is 1. The second-order valence-corrected chi connectivity index (χ2v) is 4.98. The van der Waals surface area contributed by atoms with Crippen LogP contribution in [-0.2, 0) is 6.42 Å². The fourth-order valence-electron chi connectivity index (χ4n) is 2.59. The summed E-state index contributed by atoms with van der Waals surface area (Å²) in [5.41, 5.74) is 2.88. The van der Waals surface area contributed by atoms with Gasteiger partial charge in [-0.2, -0.15) is 0 Å². The number of hydrogen-bond acceptors (Lipinski definition) is 2. The van der Waals surface area contributed by atoms with E-state index in [-0.39, 0.29) is 0 Å². The van der Waals surface area contributed by atoms with Gasteiger partial charge in [0.05, 0.1) is 0 Å². The molecule has 0 bridgehead atoms. The largest absolute Gasteiger partial charge is 0.481 e. The maximum absolute atomic E-state index is 5.66. The van der Waals surface area contributed by atoms with Gasteiger partial charge in [-0.15, -0.1) is 5.92 Å². The van der Waals surface area contributed by atoms with Crippen LogP contribution in [0.25, 0.3) is 0 Å². The van der Waals surface area contributed by atoms with E-state index in [0.29, 0.717) is 12.6 Å². The molecule has 1 aliphatic rings. The number of hydrogen-bond donors (Lipinski definition) is 1. The van der Waals surface area contributed by atoms with Crippen molar-refractivity contribution in [1.82, 2.24) is 5.32 Å². The molecule has 0 heterocycles. The molecule has 1 atom stereocenters. The zero-order valence-electron chi connectivity index (χ0n) is 12.0. The van der Waals surface area contributed by atoms with Gasteiger partial charge in [-0.25, -0.2) is 0 Å². The maximum Gasteiger partial charge on any atom is 0.149 e. The molecular weight excluding hydrogens is 234 g/mol. The Hall–Kier alpha value is -1.46. The minimum absolute atomic E-state index is 0.475. The second-order valence-electron chi connectivity index (χ2n) is 4.98. The van der Waals surface area contributed by atoms with Crippen molar-refractivity contribution in [3.05, 3.63) is 29.3 Å². The number of benzene rings is 1. The Morgan fingerprint density at radius 1 is 1.42 bits per heavy atom. The van der Waals surface area contributed by atoms with Crippen molar-refractivity contribution in [2.24, 2.45) is 0 Å². The zero-order valence-corrected chi connectivity index (χ0v) is 12.0. The van der Waals surface area contributed by atoms with E-state index in [1.807, 2.05) is 6.92 Å². The molecule has 0 aliphatic heterocycles. The first-order chi connectivity index (χ1) is 9.35. The summed E-state index contributed by atoms with van der Waals surface area (Å²) in [7, 11) is 0. The van der Waals surface area contributed by atoms with Crippen LogP contribution < -0.4 is 10.1 Å². The Bertz CT molecular complexity index is 470. The van der Waals surface area contributed by atoms with Gasteiger partial charge in [0.25, 0.3) is 0 Å². The molecule has 0 radical (unpaired) electrons. The molecule has 102 valence electrons. The highest BCUT2D eigenvalue weighted by Gasteiger charge is 2.19. The summed E-state index contributed by atoms with van der Waals surface area (Å²) in [4.78, 5) is 0. The van der Waals surface area contributed by atoms with Crippen LogP contribution in [0.4, 0.5) is 0 Å². The fraction of sp³-hybridized carbons (Fsp3) is 0.529. The van der Waals surface area contributed by atoms with Gasteiger partial charge in [0.15, 0.2) is 0 Å². The molecule has 1 aromatic carbocycles. The molecule has 0 fully saturated rings. The van der Waals surface area contributed by atoms with E-state index in [1.165, 1.54) is 36.8 Å². The topological polar surface area (TPSA) is 21.3 Å². The quantitative estimate of drug-likeness (QED) is 0.816. The summed E-state index contributed by atoms with van der Waals surface area (Å²) in [6.07, 6.45) is 4.86. The average Bonchev–Trinajstić information content (AvgIpc) is 2.45. The first-order valence-electron chi connectivity index (χ1n) is 7.23. The molecule has 0 saturated carbocycles. The van der Waals surface area contributed by atoms with Gasteiger partial charge >= 0.3 is 0 Å². The summed E-state index contributed by atoms with van der Waals surface area (Å²) >= 11 is 0. The lowest BCUT2D eigenvalue weighted by Gasteiger charge is -2.27. The molecule has 1 aromatic rings. The predicted octanol–water partition coefficient (Wildman–Crippen LogP) is 3.47. The van der Waals surface area contributed by atoms with Crippen LogP contribution in [0.1, 0.15) is 50.3 Å². The lowest BCUT2D eigenvalue weighted by molar-refractivity contribution is 0.367. The van der Waals surface area contributed by atoms with Crippen molar-refractivity contribution in [2.45, 2.75) is 45.6 Å². The van der Waals surface area contributed by atoms with Crippen LogP contribution in [0.15, 0.2) is 18.2 Å². The second kappa shape index (κ2) is 7.21. The van der Waals surface area contributed by atoms with E-state index >= 15 is 0 Å². The highest BCUT2D eigenvalue weighted by Crippen LogP contribution is 2.32. The van der Waals surface area contributed by atoms with Crippen molar-refractivity contribution in [3.8, 4) is 17.6 Å². The molecule has 2 rings (SSSR count). The average molecular weight is 257 g/mol. The zero-order chi connectivity index (χ0) is 13.5. The van der Waals surface area contributed by atoms with Gasteiger partial charge in [0, 0.05) is 6.04 Å². The molecule has 0 saturated heterocycles. The number of fused-ring (bicyclic) bond motifs is 1. The minimum Gasteiger partial charge on any atom is -0.481 e. The summed E-state index contributed by atoms with van der Waals surface area (Å²) in [6, 6.07) is 6.96. The minimum atomic E-state index is 0.475. The fourth-order valence-corrected chi connectivity index (χ4v) is 2.59. The molecular formula is C17H23NO. The Morgan fingerprint density at radius 2 is 2.32 bits per heavy atom. The van der Waals surface area contributed by atoms with Gasteiger partial charge in [-0.3, -0.25) is 0 Å². The molecule has 1 unspecified atom stereocenters. The summed E-state index contributed by atoms with van der Waals surface area (Å²) in [6.45, 7) is 5.60. The Morgan fingerprint density at radius 3 is 3.11 bits per heavy atom. The third-order valence-corrected chi connectivity index (χ3v) is 3.56. The van der Waals surface area contributed by atoms with E-state index in [4.69, 9.17) is 4.74 Å². The Kier molecular flexibility index (Phi) is 5.30. The standard InChI is InChI=1S/C17H23NO/c1-3-5-12-19-15-10-9-14-7-6-8-17(16(14)13-15)18-11-4-2/h9-10,13,17-18H,4,6-8,11-12H2,1-2H3. The summed E-state index contributed by atoms with van der Waals surface area (Å²) in [5.74, 6) is 6.72. The van der Waals surface area contributed by atoms with Crippen LogP contribution in [0, 0.1) is 11.8 Å². The van der Waals surface area contributed by atoms with Crippen LogP contribution in [0.3, 0.4) is 0 Å². The van der Waals surface area contributed by atoms with Crippen molar-refractivity contribution in [1.29, 1.82) is 0 Å². The SMILES string of the molecule is CC#CCOc1ccc2c(c1)C(NCCC)CCC2. The van der Waals surface area contributed by atoms with Crippen LogP contribution in [0.2, 0.25) is 0 Å². The van der Waals surface area contributed by atoms with Crippen molar-refractivity contribution in [2.75, 3.05) is 13.2 Å². The molecule has 2 heteroatoms. The highest BCUT2D eigenvalue weighted by atomic mass is 16.5. The van der Waals surface area contributed by atoms with Gasteiger partial charge in [0.1, 0.15) is 12.4 Å². The third-order valence-electron chi connectivity index (χ3n) is 3.56. The first-order valence-corrected chi connectivity index (χ1v) is 7.23. The van der Waals surface area contributed by atoms with Gasteiger partial charge in [0.2, 0.25) is 0 Å². The third kappa shape index (κ3) is 3.75. The van der Waals surface area contributed by atoms with E-state index in [0.717, 1.165) is 12.3 Å². The van der Waals surface area contributed by atoms with Crippen LogP contribution >= 0.6 is 0 Å². The normalized spacial score (nSPS) is 17.3. The van der Waals surface area contributed by atoms with Crippen LogP contribution in [-0.4, -0.2) is 13.2 Å². The lowest BCUT2D eigenvalue weighted by Crippen LogP contribution is -2.25. The molecule has 0 amide bonds. The highest BCUT2D eigenvalue weighted by molar-refractivity contribution is 5.39. The van der Waals surface area contributed by atoms with E-state index < -0.39 is 0 Å². The van der Waals surface area contributed by atoms with Crippen molar-refractivity contribution < 1.29 is 4.74 Å². The number of aryl methyl sites for hydroxylation is 1. The van der Waals surface area contributed by atoms with Crippen molar-refractivity contribution in [3.63, 3.8) is 0 Å².